The zero-order valence-corrected chi connectivity index (χ0v) is 18.0. The van der Waals surface area contributed by atoms with Crippen molar-refractivity contribution in [1.29, 1.82) is 0 Å². The van der Waals surface area contributed by atoms with E-state index in [1.54, 1.807) is 18.4 Å². The monoisotopic (exact) mass is 418 g/mol. The molecule has 2 aromatic rings. The lowest BCUT2D eigenvalue weighted by Crippen LogP contribution is -2.38. The van der Waals surface area contributed by atoms with Gasteiger partial charge in [0.05, 0.1) is 23.9 Å². The van der Waals surface area contributed by atoms with Gasteiger partial charge in [0.15, 0.2) is 5.13 Å². The first-order valence-electron chi connectivity index (χ1n) is 10.3. The van der Waals surface area contributed by atoms with E-state index in [0.29, 0.717) is 34.7 Å². The lowest BCUT2D eigenvalue weighted by molar-refractivity contribution is -0.120. The van der Waals surface area contributed by atoms with Crippen LogP contribution in [0.4, 0.5) is 5.13 Å². The minimum Gasteiger partial charge on any atom is -0.469 e. The summed E-state index contributed by atoms with van der Waals surface area (Å²) in [5, 5.41) is 7.99. The number of rotatable bonds is 9. The summed E-state index contributed by atoms with van der Waals surface area (Å²) in [6.45, 7) is 7.05. The Labute approximate surface area is 175 Å². The second kappa shape index (κ2) is 10.5. The third-order valence-electron chi connectivity index (χ3n) is 5.35. The molecule has 1 aliphatic heterocycles. The molecular formula is C21H30N4O3S. The van der Waals surface area contributed by atoms with Crippen LogP contribution in [0.15, 0.2) is 22.1 Å². The van der Waals surface area contributed by atoms with Gasteiger partial charge in [-0.15, -0.1) is 11.3 Å². The summed E-state index contributed by atoms with van der Waals surface area (Å²) < 4.78 is 5.14. The maximum Gasteiger partial charge on any atom is 0.260 e. The summed E-state index contributed by atoms with van der Waals surface area (Å²) in [5.74, 6) is 0.267. The molecule has 1 fully saturated rings. The number of amides is 2. The molecule has 158 valence electrons. The minimum absolute atomic E-state index is 0.0369. The van der Waals surface area contributed by atoms with E-state index in [1.807, 2.05) is 0 Å². The Bertz CT molecular complexity index is 816. The highest BCUT2D eigenvalue weighted by molar-refractivity contribution is 7.14. The normalized spacial score (nSPS) is 17.2. The summed E-state index contributed by atoms with van der Waals surface area (Å²) in [4.78, 5) is 31.2. The van der Waals surface area contributed by atoms with E-state index in [1.165, 1.54) is 43.4 Å². The molecular weight excluding hydrogens is 388 g/mol. The van der Waals surface area contributed by atoms with Crippen LogP contribution in [0.3, 0.4) is 0 Å². The third kappa shape index (κ3) is 6.40. The molecule has 0 aromatic carbocycles. The van der Waals surface area contributed by atoms with Gasteiger partial charge >= 0.3 is 0 Å². The number of anilines is 1. The largest absolute Gasteiger partial charge is 0.469 e. The molecule has 2 aromatic heterocycles. The molecule has 1 unspecified atom stereocenters. The van der Waals surface area contributed by atoms with Crippen LogP contribution in [-0.4, -0.2) is 47.4 Å². The molecule has 0 aliphatic carbocycles. The summed E-state index contributed by atoms with van der Waals surface area (Å²) >= 11 is 1.31. The maximum absolute atomic E-state index is 12.2. The van der Waals surface area contributed by atoms with Crippen LogP contribution >= 0.6 is 11.3 Å². The summed E-state index contributed by atoms with van der Waals surface area (Å²) in [6, 6.07) is 2.31. The summed E-state index contributed by atoms with van der Waals surface area (Å²) in [6.07, 6.45) is 7.74. The molecule has 1 saturated heterocycles. The molecule has 3 heterocycles. The van der Waals surface area contributed by atoms with Crippen molar-refractivity contribution in [3.8, 4) is 0 Å². The molecule has 3 rings (SSSR count). The maximum atomic E-state index is 12.2. The molecule has 0 radical (unpaired) electrons. The Hall–Kier alpha value is -2.19. The topological polar surface area (TPSA) is 87.5 Å². The fourth-order valence-electron chi connectivity index (χ4n) is 3.62. The number of nitrogens with one attached hydrogen (secondary N) is 2. The van der Waals surface area contributed by atoms with Crippen LogP contribution in [0.2, 0.25) is 0 Å². The second-order valence-electron chi connectivity index (χ2n) is 7.60. The van der Waals surface area contributed by atoms with E-state index in [-0.39, 0.29) is 18.2 Å². The number of piperidine rings is 1. The van der Waals surface area contributed by atoms with E-state index in [9.17, 15) is 9.59 Å². The van der Waals surface area contributed by atoms with E-state index >= 15 is 0 Å². The highest BCUT2D eigenvalue weighted by Gasteiger charge is 2.17. The van der Waals surface area contributed by atoms with Gasteiger partial charge in [-0.3, -0.25) is 14.9 Å². The lowest BCUT2D eigenvalue weighted by Gasteiger charge is -2.33. The van der Waals surface area contributed by atoms with Crippen molar-refractivity contribution in [2.45, 2.75) is 58.4 Å². The number of thiazole rings is 1. The molecule has 29 heavy (non-hydrogen) atoms. The third-order valence-corrected chi connectivity index (χ3v) is 6.16. The van der Waals surface area contributed by atoms with Crippen molar-refractivity contribution in [1.82, 2.24) is 15.2 Å². The number of carbonyl (C=O) groups excluding carboxylic acids is 2. The number of furan rings is 1. The Morgan fingerprint density at radius 3 is 2.97 bits per heavy atom. The lowest BCUT2D eigenvalue weighted by atomic mass is 10.0. The first-order chi connectivity index (χ1) is 14.0. The minimum atomic E-state index is -0.260. The average molecular weight is 419 g/mol. The van der Waals surface area contributed by atoms with Gasteiger partial charge in [-0.25, -0.2) is 4.98 Å². The molecule has 0 bridgehead atoms. The summed E-state index contributed by atoms with van der Waals surface area (Å²) in [5.41, 5.74) is 1.15. The number of unbranched alkanes of at least 4 members (excludes halogenated alkanes) is 1. The van der Waals surface area contributed by atoms with E-state index in [0.717, 1.165) is 19.4 Å². The van der Waals surface area contributed by atoms with Crippen molar-refractivity contribution >= 4 is 28.3 Å². The van der Waals surface area contributed by atoms with Crippen molar-refractivity contribution in [3.63, 3.8) is 0 Å². The van der Waals surface area contributed by atoms with Crippen LogP contribution in [0.1, 0.15) is 60.8 Å². The molecule has 0 saturated carbocycles. The van der Waals surface area contributed by atoms with Gasteiger partial charge in [0.25, 0.3) is 5.91 Å². The van der Waals surface area contributed by atoms with E-state index < -0.39 is 0 Å². The van der Waals surface area contributed by atoms with Gasteiger partial charge in [-0.05, 0) is 58.7 Å². The molecule has 8 heteroatoms. The number of hydrogen-bond acceptors (Lipinski definition) is 6. The van der Waals surface area contributed by atoms with Gasteiger partial charge in [0.2, 0.25) is 5.91 Å². The van der Waals surface area contributed by atoms with Gasteiger partial charge in [-0.1, -0.05) is 6.42 Å². The number of hydrogen-bond donors (Lipinski definition) is 2. The number of aryl methyl sites for hydroxylation is 1. The number of aromatic nitrogens is 1. The van der Waals surface area contributed by atoms with Crippen LogP contribution in [0.25, 0.3) is 0 Å². The van der Waals surface area contributed by atoms with Gasteiger partial charge in [0, 0.05) is 18.0 Å². The van der Waals surface area contributed by atoms with Crippen molar-refractivity contribution in [2.24, 2.45) is 0 Å². The fraction of sp³-hybridized carbons (Fsp3) is 0.571. The molecule has 1 aliphatic rings. The quantitative estimate of drug-likeness (QED) is 0.608. The smallest absolute Gasteiger partial charge is 0.260 e. The zero-order valence-electron chi connectivity index (χ0n) is 17.2. The van der Waals surface area contributed by atoms with Crippen molar-refractivity contribution in [3.05, 3.63) is 34.7 Å². The molecule has 0 spiro atoms. The van der Waals surface area contributed by atoms with Gasteiger partial charge in [-0.2, -0.15) is 0 Å². The number of carbonyl (C=O) groups is 2. The molecule has 7 nitrogen and oxygen atoms in total. The number of likely N-dealkylation sites (tertiary alicyclic amines) is 1. The van der Waals surface area contributed by atoms with E-state index in [2.05, 4.69) is 27.4 Å². The second-order valence-corrected chi connectivity index (χ2v) is 8.46. The predicted molar refractivity (Wildman–Crippen MR) is 114 cm³/mol. The average Bonchev–Trinajstić information content (AvgIpc) is 3.31. The standard InChI is InChI=1S/C21H30N4O3S/c1-15-7-3-5-10-25(15)11-6-4-9-22-19(26)13-17-14-29-21(23-17)24-20(27)18-8-12-28-16(18)2/h8,12,14-15H,3-7,9-11,13H2,1-2H3,(H,22,26)(H,23,24,27). The van der Waals surface area contributed by atoms with Crippen molar-refractivity contribution < 1.29 is 14.0 Å². The highest BCUT2D eigenvalue weighted by atomic mass is 32.1. The highest BCUT2D eigenvalue weighted by Crippen LogP contribution is 2.19. The van der Waals surface area contributed by atoms with Gasteiger partial charge in [0.1, 0.15) is 5.76 Å². The van der Waals surface area contributed by atoms with Crippen LogP contribution in [0, 0.1) is 6.92 Å². The zero-order chi connectivity index (χ0) is 20.6. The molecule has 2 N–H and O–H groups in total. The molecule has 2 amide bonds. The Kier molecular flexibility index (Phi) is 7.83. The molecule has 1 atom stereocenters. The van der Waals surface area contributed by atoms with E-state index in [4.69, 9.17) is 4.42 Å². The first-order valence-corrected chi connectivity index (χ1v) is 11.2. The SMILES string of the molecule is Cc1occc1C(=O)Nc1nc(CC(=O)NCCCCN2CCCCC2C)cs1. The van der Waals surface area contributed by atoms with Gasteiger partial charge < -0.3 is 14.6 Å². The predicted octanol–water partition coefficient (Wildman–Crippen LogP) is 3.61. The fourth-order valence-corrected chi connectivity index (χ4v) is 4.32. The Morgan fingerprint density at radius 1 is 1.34 bits per heavy atom. The van der Waals surface area contributed by atoms with Crippen molar-refractivity contribution in [2.75, 3.05) is 25.0 Å². The Morgan fingerprint density at radius 2 is 2.21 bits per heavy atom. The Balaban J connectivity index is 1.33. The summed E-state index contributed by atoms with van der Waals surface area (Å²) in [7, 11) is 0. The van der Waals surface area contributed by atoms with Crippen LogP contribution in [0.5, 0.6) is 0 Å². The number of nitrogens with zero attached hydrogens (tertiary/aromatic N) is 2. The van der Waals surface area contributed by atoms with Crippen LogP contribution < -0.4 is 10.6 Å². The first kappa shape index (κ1) is 21.5. The van der Waals surface area contributed by atoms with Crippen LogP contribution in [-0.2, 0) is 11.2 Å².